The summed E-state index contributed by atoms with van der Waals surface area (Å²) in [4.78, 5) is 29.7. The molecule has 2 atom stereocenters. The lowest BCUT2D eigenvalue weighted by Gasteiger charge is -2.23. The second-order valence-corrected chi connectivity index (χ2v) is 10.1. The number of carbonyl (C=O) groups excluding carboxylic acids is 2. The van der Waals surface area contributed by atoms with Crippen LogP contribution in [0.2, 0.25) is 5.02 Å². The van der Waals surface area contributed by atoms with E-state index in [1.807, 2.05) is 12.1 Å². The molecular formula is C27H22ClFN4O3S. The maximum absolute atomic E-state index is 13.6. The van der Waals surface area contributed by atoms with E-state index in [1.165, 1.54) is 23.9 Å². The summed E-state index contributed by atoms with van der Waals surface area (Å²) in [6.07, 6.45) is 0.485. The topological polar surface area (TPSA) is 83.4 Å². The molecule has 7 nitrogen and oxygen atoms in total. The number of aliphatic imine (C=N–C) groups is 1. The summed E-state index contributed by atoms with van der Waals surface area (Å²) < 4.78 is 18.8. The fourth-order valence-electron chi connectivity index (χ4n) is 4.13. The van der Waals surface area contributed by atoms with Gasteiger partial charge >= 0.3 is 0 Å². The van der Waals surface area contributed by atoms with Crippen molar-refractivity contribution in [2.24, 2.45) is 10.1 Å². The van der Waals surface area contributed by atoms with Crippen molar-refractivity contribution in [2.75, 3.05) is 12.4 Å². The Bertz CT molecular complexity index is 1400. The van der Waals surface area contributed by atoms with Crippen LogP contribution in [0.3, 0.4) is 0 Å². The normalized spacial score (nSPS) is 19.0. The molecule has 2 heterocycles. The zero-order valence-corrected chi connectivity index (χ0v) is 21.3. The molecule has 0 aliphatic carbocycles. The Morgan fingerprint density at radius 1 is 1.16 bits per heavy atom. The van der Waals surface area contributed by atoms with Crippen molar-refractivity contribution in [3.8, 4) is 5.75 Å². The smallest absolute Gasteiger partial charge is 0.262 e. The first-order valence-corrected chi connectivity index (χ1v) is 12.8. The standard InChI is InChI=1S/C27H22ClFN4O3S/c1-36-21-4-2-3-20(13-21)30-25(34)15-24-26(35)31-27(37-24)33-23(17-7-11-19(29)12-8-17)14-22(32-33)16-5-9-18(28)10-6-16/h2-13,23-24H,14-15H2,1H3,(H,30,34)/t23-,24-/m0/s1. The SMILES string of the molecule is COc1cccc(NC(=O)C[C@@H]2SC(N3N=C(c4ccc(Cl)cc4)C[C@H]3c3ccc(F)cc3)=NC2=O)c1. The summed E-state index contributed by atoms with van der Waals surface area (Å²) in [6, 6.07) is 20.3. The Labute approximate surface area is 222 Å². The van der Waals surface area contributed by atoms with E-state index in [-0.39, 0.29) is 24.2 Å². The summed E-state index contributed by atoms with van der Waals surface area (Å²) in [6.45, 7) is 0. The molecule has 0 fully saturated rings. The molecule has 2 amide bonds. The molecule has 0 spiro atoms. The van der Waals surface area contributed by atoms with Gasteiger partial charge in [-0.2, -0.15) is 10.1 Å². The molecular weight excluding hydrogens is 515 g/mol. The van der Waals surface area contributed by atoms with Crippen molar-refractivity contribution < 1.29 is 18.7 Å². The molecule has 2 aliphatic heterocycles. The number of amidine groups is 1. The van der Waals surface area contributed by atoms with Gasteiger partial charge in [-0.3, -0.25) is 9.59 Å². The lowest BCUT2D eigenvalue weighted by molar-refractivity contribution is -0.121. The second-order valence-electron chi connectivity index (χ2n) is 8.49. The largest absolute Gasteiger partial charge is 0.497 e. The lowest BCUT2D eigenvalue weighted by Crippen LogP contribution is -2.25. The van der Waals surface area contributed by atoms with E-state index in [1.54, 1.807) is 60.6 Å². The lowest BCUT2D eigenvalue weighted by atomic mass is 9.98. The third-order valence-electron chi connectivity index (χ3n) is 5.99. The Hall–Kier alpha value is -3.69. The minimum absolute atomic E-state index is 0.0451. The Kier molecular flexibility index (Phi) is 7.25. The molecule has 1 N–H and O–H groups in total. The number of ether oxygens (including phenoxy) is 1. The summed E-state index contributed by atoms with van der Waals surface area (Å²) >= 11 is 7.25. The molecule has 3 aromatic rings. The van der Waals surface area contributed by atoms with Crippen molar-refractivity contribution in [2.45, 2.75) is 24.1 Å². The Morgan fingerprint density at radius 2 is 1.92 bits per heavy atom. The average molecular weight is 537 g/mol. The molecule has 188 valence electrons. The third-order valence-corrected chi connectivity index (χ3v) is 7.39. The minimum Gasteiger partial charge on any atom is -0.497 e. The highest BCUT2D eigenvalue weighted by Gasteiger charge is 2.39. The highest BCUT2D eigenvalue weighted by Crippen LogP contribution is 2.38. The molecule has 0 aromatic heterocycles. The molecule has 2 aliphatic rings. The summed E-state index contributed by atoms with van der Waals surface area (Å²) in [5.74, 6) is -0.423. The Balaban J connectivity index is 1.34. The van der Waals surface area contributed by atoms with Crippen molar-refractivity contribution in [1.82, 2.24) is 5.01 Å². The fourth-order valence-corrected chi connectivity index (χ4v) is 5.32. The first-order chi connectivity index (χ1) is 17.9. The van der Waals surface area contributed by atoms with Crippen LogP contribution in [-0.2, 0) is 9.59 Å². The highest BCUT2D eigenvalue weighted by atomic mass is 35.5. The molecule has 5 rings (SSSR count). The zero-order chi connectivity index (χ0) is 25.9. The molecule has 0 bridgehead atoms. The van der Waals surface area contributed by atoms with Crippen LogP contribution in [0.4, 0.5) is 10.1 Å². The van der Waals surface area contributed by atoms with Gasteiger partial charge in [-0.05, 0) is 47.5 Å². The molecule has 0 saturated heterocycles. The van der Waals surface area contributed by atoms with Gasteiger partial charge < -0.3 is 10.1 Å². The highest BCUT2D eigenvalue weighted by molar-refractivity contribution is 8.15. The predicted molar refractivity (Wildman–Crippen MR) is 144 cm³/mol. The van der Waals surface area contributed by atoms with Crippen LogP contribution in [0.5, 0.6) is 5.75 Å². The molecule has 37 heavy (non-hydrogen) atoms. The van der Waals surface area contributed by atoms with Crippen LogP contribution in [0, 0.1) is 5.82 Å². The van der Waals surface area contributed by atoms with Gasteiger partial charge in [0.2, 0.25) is 5.91 Å². The maximum atomic E-state index is 13.6. The quantitative estimate of drug-likeness (QED) is 0.439. The van der Waals surface area contributed by atoms with Gasteiger partial charge in [0.25, 0.3) is 5.91 Å². The summed E-state index contributed by atoms with van der Waals surface area (Å²) in [5.41, 5.74) is 3.10. The van der Waals surface area contributed by atoms with Crippen molar-refractivity contribution in [3.05, 3.63) is 94.8 Å². The monoisotopic (exact) mass is 536 g/mol. The van der Waals surface area contributed by atoms with Crippen LogP contribution in [0.1, 0.15) is 30.0 Å². The number of anilines is 1. The number of methoxy groups -OCH3 is 1. The van der Waals surface area contributed by atoms with Gasteiger partial charge in [0.15, 0.2) is 5.17 Å². The number of halogens is 2. The van der Waals surface area contributed by atoms with Gasteiger partial charge in [0.1, 0.15) is 16.8 Å². The van der Waals surface area contributed by atoms with E-state index >= 15 is 0 Å². The van der Waals surface area contributed by atoms with E-state index in [9.17, 15) is 14.0 Å². The van der Waals surface area contributed by atoms with Gasteiger partial charge in [-0.1, -0.05) is 53.7 Å². The van der Waals surface area contributed by atoms with E-state index in [0.717, 1.165) is 16.8 Å². The maximum Gasteiger partial charge on any atom is 0.262 e. The Morgan fingerprint density at radius 3 is 2.65 bits per heavy atom. The van der Waals surface area contributed by atoms with E-state index in [2.05, 4.69) is 10.3 Å². The average Bonchev–Trinajstić information content (AvgIpc) is 3.49. The van der Waals surface area contributed by atoms with E-state index < -0.39 is 11.2 Å². The number of rotatable bonds is 6. The first kappa shape index (κ1) is 25.0. The van der Waals surface area contributed by atoms with Crippen LogP contribution >= 0.6 is 23.4 Å². The van der Waals surface area contributed by atoms with E-state index in [0.29, 0.717) is 28.0 Å². The number of nitrogens with zero attached hydrogens (tertiary/aromatic N) is 3. The summed E-state index contributed by atoms with van der Waals surface area (Å²) in [7, 11) is 1.55. The number of hydrogen-bond acceptors (Lipinski definition) is 6. The predicted octanol–water partition coefficient (Wildman–Crippen LogP) is 5.67. The zero-order valence-electron chi connectivity index (χ0n) is 19.7. The summed E-state index contributed by atoms with van der Waals surface area (Å²) in [5, 5.41) is 9.62. The molecule has 0 radical (unpaired) electrons. The second kappa shape index (κ2) is 10.7. The van der Waals surface area contributed by atoms with Gasteiger partial charge in [0.05, 0.1) is 18.9 Å². The molecule has 3 aromatic carbocycles. The van der Waals surface area contributed by atoms with Gasteiger partial charge in [0, 0.05) is 29.6 Å². The minimum atomic E-state index is -0.677. The van der Waals surface area contributed by atoms with Crippen LogP contribution in [0.15, 0.2) is 82.9 Å². The van der Waals surface area contributed by atoms with Crippen molar-refractivity contribution in [1.29, 1.82) is 0 Å². The number of nitrogens with one attached hydrogen (secondary N) is 1. The third kappa shape index (κ3) is 5.68. The number of hydrogen-bond donors (Lipinski definition) is 1. The van der Waals surface area contributed by atoms with E-state index in [4.69, 9.17) is 21.4 Å². The van der Waals surface area contributed by atoms with Gasteiger partial charge in [-0.25, -0.2) is 9.40 Å². The first-order valence-electron chi connectivity index (χ1n) is 11.5. The molecule has 0 unspecified atom stereocenters. The van der Waals surface area contributed by atoms with Crippen LogP contribution in [-0.4, -0.2) is 40.1 Å². The number of carbonyl (C=O) groups is 2. The van der Waals surface area contributed by atoms with Crippen LogP contribution < -0.4 is 10.1 Å². The van der Waals surface area contributed by atoms with Crippen molar-refractivity contribution in [3.63, 3.8) is 0 Å². The number of thioether (sulfide) groups is 1. The number of hydrazone groups is 1. The molecule has 0 saturated carbocycles. The molecule has 10 heteroatoms. The van der Waals surface area contributed by atoms with Crippen molar-refractivity contribution >= 4 is 51.7 Å². The number of benzene rings is 3. The fraction of sp³-hybridized carbons (Fsp3) is 0.185. The van der Waals surface area contributed by atoms with Gasteiger partial charge in [-0.15, -0.1) is 0 Å². The van der Waals surface area contributed by atoms with Crippen LogP contribution in [0.25, 0.3) is 0 Å². The number of amides is 2.